The number of rotatable bonds is 5. The molecule has 0 spiro atoms. The first-order chi connectivity index (χ1) is 16.7. The van der Waals surface area contributed by atoms with Gasteiger partial charge in [0.2, 0.25) is 0 Å². The molecule has 6 nitrogen and oxygen atoms in total. The van der Waals surface area contributed by atoms with Gasteiger partial charge in [-0.15, -0.1) is 0 Å². The number of sulfonamides is 2. The minimum Gasteiger partial charge on any atom is -0.279 e. The Morgan fingerprint density at radius 1 is 0.800 bits per heavy atom. The van der Waals surface area contributed by atoms with Crippen LogP contribution in [-0.2, 0) is 26.5 Å². The van der Waals surface area contributed by atoms with Crippen LogP contribution >= 0.6 is 0 Å². The molecule has 0 radical (unpaired) electrons. The van der Waals surface area contributed by atoms with Crippen LogP contribution in [-0.4, -0.2) is 23.4 Å². The average molecular weight is 515 g/mol. The lowest BCUT2D eigenvalue weighted by Crippen LogP contribution is -2.35. The maximum atomic E-state index is 14.1. The standard InChI is InChI=1S/C25H20F2N2O4S2/c26-19-11-13-25(22(27)15-19)34(30,31)28-20-12-10-18-7-4-14-29(23(18)16-20)35(32,33)24-9-3-6-17-5-1-2-8-21(17)24/h1-3,5-6,8-13,15-16,28H,4,7,14H2. The van der Waals surface area contributed by atoms with Crippen LogP contribution in [0.3, 0.4) is 0 Å². The molecule has 0 saturated carbocycles. The summed E-state index contributed by atoms with van der Waals surface area (Å²) in [5.74, 6) is -2.12. The van der Waals surface area contributed by atoms with Gasteiger partial charge in [0.05, 0.1) is 16.3 Å². The zero-order chi connectivity index (χ0) is 24.8. The van der Waals surface area contributed by atoms with E-state index >= 15 is 0 Å². The predicted molar refractivity (Wildman–Crippen MR) is 130 cm³/mol. The number of nitrogens with zero attached hydrogens (tertiary/aromatic N) is 1. The average Bonchev–Trinajstić information content (AvgIpc) is 2.82. The van der Waals surface area contributed by atoms with Gasteiger partial charge in [0.1, 0.15) is 16.5 Å². The number of hydrogen-bond acceptors (Lipinski definition) is 4. The molecule has 1 aliphatic rings. The maximum absolute atomic E-state index is 14.1. The Labute approximate surface area is 201 Å². The Bertz CT molecular complexity index is 1670. The molecule has 0 saturated heterocycles. The van der Waals surface area contributed by atoms with Gasteiger partial charge in [-0.3, -0.25) is 9.03 Å². The number of fused-ring (bicyclic) bond motifs is 2. The number of aryl methyl sites for hydroxylation is 1. The normalized spacial score (nSPS) is 14.1. The summed E-state index contributed by atoms with van der Waals surface area (Å²) in [6, 6.07) is 19.0. The Morgan fingerprint density at radius 3 is 2.37 bits per heavy atom. The fraction of sp³-hybridized carbons (Fsp3) is 0.120. The van der Waals surface area contributed by atoms with Gasteiger partial charge >= 0.3 is 0 Å². The van der Waals surface area contributed by atoms with E-state index in [1.165, 1.54) is 16.4 Å². The molecule has 0 amide bonds. The molecule has 1 N–H and O–H groups in total. The fourth-order valence-electron chi connectivity index (χ4n) is 4.30. The molecule has 0 aliphatic carbocycles. The van der Waals surface area contributed by atoms with Crippen molar-refractivity contribution in [3.8, 4) is 0 Å². The molecule has 4 aromatic carbocycles. The van der Waals surface area contributed by atoms with Crippen LogP contribution in [0, 0.1) is 11.6 Å². The van der Waals surface area contributed by atoms with Gasteiger partial charge < -0.3 is 0 Å². The highest BCUT2D eigenvalue weighted by Gasteiger charge is 2.31. The zero-order valence-corrected chi connectivity index (χ0v) is 19.9. The van der Waals surface area contributed by atoms with Crippen molar-refractivity contribution in [2.45, 2.75) is 22.6 Å². The molecule has 0 unspecified atom stereocenters. The van der Waals surface area contributed by atoms with Crippen molar-refractivity contribution >= 4 is 42.2 Å². The van der Waals surface area contributed by atoms with E-state index in [0.717, 1.165) is 23.1 Å². The summed E-state index contributed by atoms with van der Waals surface area (Å²) in [6.45, 7) is 0.224. The number of anilines is 2. The quantitative estimate of drug-likeness (QED) is 0.404. The molecule has 0 bridgehead atoms. The number of nitrogens with one attached hydrogen (secondary N) is 1. The van der Waals surface area contributed by atoms with E-state index in [1.54, 1.807) is 30.3 Å². The van der Waals surface area contributed by atoms with E-state index in [4.69, 9.17) is 0 Å². The third-order valence-electron chi connectivity index (χ3n) is 5.91. The summed E-state index contributed by atoms with van der Waals surface area (Å²) in [4.78, 5) is -0.556. The van der Waals surface area contributed by atoms with Crippen molar-refractivity contribution in [2.24, 2.45) is 0 Å². The summed E-state index contributed by atoms with van der Waals surface area (Å²) in [5, 5.41) is 1.37. The summed E-state index contributed by atoms with van der Waals surface area (Å²) in [6.07, 6.45) is 1.22. The summed E-state index contributed by atoms with van der Waals surface area (Å²) < 4.78 is 83.9. The minimum absolute atomic E-state index is 0.0625. The summed E-state index contributed by atoms with van der Waals surface area (Å²) in [7, 11) is -8.35. The van der Waals surface area contributed by atoms with Gasteiger partial charge in [0.15, 0.2) is 0 Å². The molecule has 0 fully saturated rings. The van der Waals surface area contributed by atoms with Crippen LogP contribution in [0.1, 0.15) is 12.0 Å². The van der Waals surface area contributed by atoms with Gasteiger partial charge in [0, 0.05) is 18.0 Å². The van der Waals surface area contributed by atoms with Crippen molar-refractivity contribution in [3.63, 3.8) is 0 Å². The molecule has 1 aliphatic heterocycles. The zero-order valence-electron chi connectivity index (χ0n) is 18.3. The van der Waals surface area contributed by atoms with Gasteiger partial charge in [-0.05, 0) is 54.1 Å². The first-order valence-corrected chi connectivity index (χ1v) is 13.7. The molecule has 5 rings (SSSR count). The summed E-state index contributed by atoms with van der Waals surface area (Å²) in [5.41, 5.74) is 1.16. The second-order valence-electron chi connectivity index (χ2n) is 8.18. The van der Waals surface area contributed by atoms with Crippen LogP contribution in [0.4, 0.5) is 20.2 Å². The van der Waals surface area contributed by atoms with Crippen LogP contribution in [0.25, 0.3) is 10.8 Å². The van der Waals surface area contributed by atoms with Gasteiger partial charge in [-0.2, -0.15) is 0 Å². The highest BCUT2D eigenvalue weighted by molar-refractivity contribution is 7.93. The van der Waals surface area contributed by atoms with Crippen molar-refractivity contribution < 1.29 is 25.6 Å². The minimum atomic E-state index is -4.38. The molecule has 0 aromatic heterocycles. The topological polar surface area (TPSA) is 83.6 Å². The molecule has 10 heteroatoms. The van der Waals surface area contributed by atoms with E-state index in [1.807, 2.05) is 18.2 Å². The smallest absolute Gasteiger partial charge is 0.264 e. The van der Waals surface area contributed by atoms with Crippen LogP contribution < -0.4 is 9.03 Å². The molecule has 4 aromatic rings. The van der Waals surface area contributed by atoms with Crippen LogP contribution in [0.15, 0.2) is 88.7 Å². The van der Waals surface area contributed by atoms with Gasteiger partial charge in [0.25, 0.3) is 20.0 Å². The third-order valence-corrected chi connectivity index (χ3v) is 9.20. The fourth-order valence-corrected chi connectivity index (χ4v) is 7.16. The Hall–Kier alpha value is -3.50. The van der Waals surface area contributed by atoms with E-state index in [2.05, 4.69) is 4.72 Å². The second-order valence-corrected chi connectivity index (χ2v) is 11.7. The number of benzene rings is 4. The lowest BCUT2D eigenvalue weighted by atomic mass is 10.0. The Balaban J connectivity index is 1.55. The Morgan fingerprint density at radius 2 is 1.57 bits per heavy atom. The first kappa shape index (κ1) is 23.3. The van der Waals surface area contributed by atoms with E-state index in [0.29, 0.717) is 30.0 Å². The summed E-state index contributed by atoms with van der Waals surface area (Å²) >= 11 is 0. The molecule has 180 valence electrons. The largest absolute Gasteiger partial charge is 0.279 e. The number of halogens is 2. The lowest BCUT2D eigenvalue weighted by molar-refractivity contribution is 0.551. The van der Waals surface area contributed by atoms with Crippen molar-refractivity contribution in [1.29, 1.82) is 0 Å². The first-order valence-electron chi connectivity index (χ1n) is 10.8. The van der Waals surface area contributed by atoms with Crippen LogP contribution in [0.5, 0.6) is 0 Å². The van der Waals surface area contributed by atoms with Gasteiger partial charge in [-0.25, -0.2) is 25.6 Å². The lowest BCUT2D eigenvalue weighted by Gasteiger charge is -2.31. The Kier molecular flexibility index (Phi) is 5.72. The second kappa shape index (κ2) is 8.62. The molecular formula is C25H20F2N2O4S2. The maximum Gasteiger partial charge on any atom is 0.264 e. The van der Waals surface area contributed by atoms with Crippen molar-refractivity contribution in [1.82, 2.24) is 0 Å². The highest BCUT2D eigenvalue weighted by Crippen LogP contribution is 2.36. The van der Waals surface area contributed by atoms with Crippen LogP contribution in [0.2, 0.25) is 0 Å². The molecule has 0 atom stereocenters. The van der Waals surface area contributed by atoms with E-state index in [-0.39, 0.29) is 17.1 Å². The molecule has 1 heterocycles. The van der Waals surface area contributed by atoms with E-state index in [9.17, 15) is 25.6 Å². The monoisotopic (exact) mass is 514 g/mol. The molecular weight excluding hydrogens is 494 g/mol. The van der Waals surface area contributed by atoms with E-state index < -0.39 is 36.6 Å². The van der Waals surface area contributed by atoms with Crippen molar-refractivity contribution in [3.05, 3.63) is 96.1 Å². The predicted octanol–water partition coefficient (Wildman–Crippen LogP) is 5.06. The van der Waals surface area contributed by atoms with Crippen molar-refractivity contribution in [2.75, 3.05) is 15.6 Å². The SMILES string of the molecule is O=S(=O)(Nc1ccc2c(c1)N(S(=O)(=O)c1cccc3ccccc13)CCC2)c1ccc(F)cc1F. The number of hydrogen-bond donors (Lipinski definition) is 1. The van der Waals surface area contributed by atoms with Gasteiger partial charge in [-0.1, -0.05) is 42.5 Å². The third kappa shape index (κ3) is 4.23. The highest BCUT2D eigenvalue weighted by atomic mass is 32.2. The molecule has 35 heavy (non-hydrogen) atoms.